The number of ether oxygens (including phenoxy) is 1. The standard InChI is InChI=1S/C13H19N3O3/c1-19-13(18)11-7-14-8-12(15-11)16-5-2-3-10(9-16)4-6-17/h7-8,10,17H,2-6,9H2,1H3. The first kappa shape index (κ1) is 13.7. The van der Waals surface area contributed by atoms with Gasteiger partial charge in [-0.25, -0.2) is 9.78 Å². The van der Waals surface area contributed by atoms with Crippen LogP contribution in [0, 0.1) is 5.92 Å². The Bertz CT molecular complexity index is 437. The Morgan fingerprint density at radius 1 is 1.58 bits per heavy atom. The first-order valence-electron chi connectivity index (χ1n) is 6.50. The number of methoxy groups -OCH3 is 1. The lowest BCUT2D eigenvalue weighted by molar-refractivity contribution is 0.0593. The summed E-state index contributed by atoms with van der Waals surface area (Å²) in [5.41, 5.74) is 0.226. The molecular weight excluding hydrogens is 246 g/mol. The Hall–Kier alpha value is -1.69. The molecule has 0 aliphatic carbocycles. The number of hydrogen-bond donors (Lipinski definition) is 1. The molecule has 0 amide bonds. The van der Waals surface area contributed by atoms with Gasteiger partial charge in [0.25, 0.3) is 0 Å². The summed E-state index contributed by atoms with van der Waals surface area (Å²) in [4.78, 5) is 21.9. The van der Waals surface area contributed by atoms with Gasteiger partial charge in [-0.3, -0.25) is 4.98 Å². The first-order valence-corrected chi connectivity index (χ1v) is 6.50. The molecule has 1 atom stereocenters. The largest absolute Gasteiger partial charge is 0.464 e. The SMILES string of the molecule is COC(=O)c1cncc(N2CCCC(CCO)C2)n1. The maximum Gasteiger partial charge on any atom is 0.358 e. The minimum atomic E-state index is -0.474. The predicted octanol–water partition coefficient (Wildman–Crippen LogP) is 0.862. The summed E-state index contributed by atoms with van der Waals surface area (Å²) in [5.74, 6) is 0.700. The van der Waals surface area contributed by atoms with Crippen molar-refractivity contribution in [2.75, 3.05) is 31.7 Å². The molecule has 0 radical (unpaired) electrons. The Morgan fingerprint density at radius 3 is 3.16 bits per heavy atom. The lowest BCUT2D eigenvalue weighted by atomic mass is 9.95. The van der Waals surface area contributed by atoms with Crippen LogP contribution >= 0.6 is 0 Å². The smallest absolute Gasteiger partial charge is 0.358 e. The molecule has 1 N–H and O–H groups in total. The van der Waals surface area contributed by atoms with E-state index in [0.29, 0.717) is 11.7 Å². The normalized spacial score (nSPS) is 19.3. The van der Waals surface area contributed by atoms with Gasteiger partial charge in [0, 0.05) is 19.7 Å². The van der Waals surface area contributed by atoms with Gasteiger partial charge in [-0.05, 0) is 25.2 Å². The van der Waals surface area contributed by atoms with E-state index < -0.39 is 5.97 Å². The fraction of sp³-hybridized carbons (Fsp3) is 0.615. The van der Waals surface area contributed by atoms with Crippen molar-refractivity contribution in [3.8, 4) is 0 Å². The lowest BCUT2D eigenvalue weighted by Gasteiger charge is -2.33. The molecule has 0 aromatic carbocycles. The number of aliphatic hydroxyl groups excluding tert-OH is 1. The molecular formula is C13H19N3O3. The Kier molecular flexibility index (Phi) is 4.68. The highest BCUT2D eigenvalue weighted by molar-refractivity contribution is 5.87. The van der Waals surface area contributed by atoms with E-state index in [1.54, 1.807) is 6.20 Å². The van der Waals surface area contributed by atoms with Crippen molar-refractivity contribution in [3.63, 3.8) is 0 Å². The van der Waals surface area contributed by atoms with Gasteiger partial charge >= 0.3 is 5.97 Å². The van der Waals surface area contributed by atoms with Crippen LogP contribution in [0.3, 0.4) is 0 Å². The van der Waals surface area contributed by atoms with Crippen LogP contribution in [0.1, 0.15) is 29.8 Å². The zero-order valence-corrected chi connectivity index (χ0v) is 11.1. The second kappa shape index (κ2) is 6.47. The van der Waals surface area contributed by atoms with Gasteiger partial charge in [-0.2, -0.15) is 0 Å². The van der Waals surface area contributed by atoms with Gasteiger partial charge in [0.2, 0.25) is 0 Å². The van der Waals surface area contributed by atoms with Crippen LogP contribution in [0.5, 0.6) is 0 Å². The molecule has 0 spiro atoms. The quantitative estimate of drug-likeness (QED) is 0.814. The summed E-state index contributed by atoms with van der Waals surface area (Å²) < 4.78 is 4.65. The number of carbonyl (C=O) groups is 1. The maximum absolute atomic E-state index is 11.4. The Labute approximate surface area is 112 Å². The van der Waals surface area contributed by atoms with Crippen LogP contribution in [-0.2, 0) is 4.74 Å². The highest BCUT2D eigenvalue weighted by Crippen LogP contribution is 2.23. The molecule has 1 aliphatic heterocycles. The van der Waals surface area contributed by atoms with Crippen molar-refractivity contribution in [1.82, 2.24) is 9.97 Å². The molecule has 0 bridgehead atoms. The number of aliphatic hydroxyl groups is 1. The van der Waals surface area contributed by atoms with Gasteiger partial charge in [0.05, 0.1) is 19.5 Å². The van der Waals surface area contributed by atoms with Gasteiger partial charge in [0.1, 0.15) is 5.82 Å². The van der Waals surface area contributed by atoms with Gasteiger partial charge in [-0.15, -0.1) is 0 Å². The van der Waals surface area contributed by atoms with E-state index in [4.69, 9.17) is 5.11 Å². The predicted molar refractivity (Wildman–Crippen MR) is 70.0 cm³/mol. The number of carbonyl (C=O) groups excluding carboxylic acids is 1. The molecule has 2 rings (SSSR count). The number of nitrogens with zero attached hydrogens (tertiary/aromatic N) is 3. The number of rotatable bonds is 4. The Morgan fingerprint density at radius 2 is 2.42 bits per heavy atom. The van der Waals surface area contributed by atoms with Crippen LogP contribution in [-0.4, -0.2) is 47.8 Å². The van der Waals surface area contributed by atoms with E-state index in [9.17, 15) is 4.79 Å². The molecule has 19 heavy (non-hydrogen) atoms. The van der Waals surface area contributed by atoms with E-state index in [2.05, 4.69) is 19.6 Å². The second-order valence-corrected chi connectivity index (χ2v) is 4.72. The third-order valence-electron chi connectivity index (χ3n) is 3.40. The van der Waals surface area contributed by atoms with Crippen molar-refractivity contribution < 1.29 is 14.6 Å². The number of piperidine rings is 1. The molecule has 1 aromatic heterocycles. The van der Waals surface area contributed by atoms with Crippen molar-refractivity contribution in [3.05, 3.63) is 18.1 Å². The third kappa shape index (κ3) is 3.41. The molecule has 1 fully saturated rings. The van der Waals surface area contributed by atoms with Gasteiger partial charge in [-0.1, -0.05) is 0 Å². The average Bonchev–Trinajstić information content (AvgIpc) is 2.47. The van der Waals surface area contributed by atoms with Crippen LogP contribution < -0.4 is 4.90 Å². The summed E-state index contributed by atoms with van der Waals surface area (Å²) in [6.45, 7) is 1.97. The van der Waals surface area contributed by atoms with Crippen molar-refractivity contribution in [1.29, 1.82) is 0 Å². The van der Waals surface area contributed by atoms with Crippen molar-refractivity contribution >= 4 is 11.8 Å². The fourth-order valence-electron chi connectivity index (χ4n) is 2.40. The van der Waals surface area contributed by atoms with E-state index in [0.717, 1.165) is 32.4 Å². The molecule has 1 aliphatic rings. The zero-order chi connectivity index (χ0) is 13.7. The van der Waals surface area contributed by atoms with Crippen molar-refractivity contribution in [2.24, 2.45) is 5.92 Å². The number of aromatic nitrogens is 2. The summed E-state index contributed by atoms with van der Waals surface area (Å²) >= 11 is 0. The minimum absolute atomic E-state index is 0.215. The molecule has 0 saturated carbocycles. The molecule has 1 saturated heterocycles. The molecule has 1 aromatic rings. The topological polar surface area (TPSA) is 75.5 Å². The number of esters is 1. The van der Waals surface area contributed by atoms with Gasteiger partial charge in [0.15, 0.2) is 5.69 Å². The third-order valence-corrected chi connectivity index (χ3v) is 3.40. The fourth-order valence-corrected chi connectivity index (χ4v) is 2.40. The summed E-state index contributed by atoms with van der Waals surface area (Å²) in [7, 11) is 1.33. The van der Waals surface area contributed by atoms with E-state index in [-0.39, 0.29) is 12.3 Å². The highest BCUT2D eigenvalue weighted by atomic mass is 16.5. The van der Waals surface area contributed by atoms with E-state index >= 15 is 0 Å². The van der Waals surface area contributed by atoms with Gasteiger partial charge < -0.3 is 14.7 Å². The van der Waals surface area contributed by atoms with E-state index in [1.807, 2.05) is 0 Å². The molecule has 104 valence electrons. The molecule has 6 nitrogen and oxygen atoms in total. The number of anilines is 1. The van der Waals surface area contributed by atoms with Crippen LogP contribution in [0.2, 0.25) is 0 Å². The van der Waals surface area contributed by atoms with Crippen LogP contribution in [0.15, 0.2) is 12.4 Å². The lowest BCUT2D eigenvalue weighted by Crippen LogP contribution is -2.36. The minimum Gasteiger partial charge on any atom is -0.464 e. The number of hydrogen-bond acceptors (Lipinski definition) is 6. The first-order chi connectivity index (χ1) is 9.24. The maximum atomic E-state index is 11.4. The summed E-state index contributed by atoms with van der Waals surface area (Å²) in [6, 6.07) is 0. The zero-order valence-electron chi connectivity index (χ0n) is 11.1. The van der Waals surface area contributed by atoms with E-state index in [1.165, 1.54) is 13.3 Å². The molecule has 6 heteroatoms. The Balaban J connectivity index is 2.10. The summed E-state index contributed by atoms with van der Waals surface area (Å²) in [5, 5.41) is 9.02. The average molecular weight is 265 g/mol. The van der Waals surface area contributed by atoms with Crippen LogP contribution in [0.25, 0.3) is 0 Å². The van der Waals surface area contributed by atoms with Crippen LogP contribution in [0.4, 0.5) is 5.82 Å². The second-order valence-electron chi connectivity index (χ2n) is 4.72. The summed E-state index contributed by atoms with van der Waals surface area (Å²) in [6.07, 6.45) is 6.06. The van der Waals surface area contributed by atoms with Crippen molar-refractivity contribution in [2.45, 2.75) is 19.3 Å². The molecule has 1 unspecified atom stereocenters. The molecule has 2 heterocycles. The monoisotopic (exact) mass is 265 g/mol. The highest BCUT2D eigenvalue weighted by Gasteiger charge is 2.21.